The van der Waals surface area contributed by atoms with Crippen molar-refractivity contribution in [1.29, 1.82) is 0 Å². The van der Waals surface area contributed by atoms with Crippen LogP contribution in [0.15, 0.2) is 0 Å². The summed E-state index contributed by atoms with van der Waals surface area (Å²) in [7, 11) is 0.360. The van der Waals surface area contributed by atoms with Crippen LogP contribution in [-0.4, -0.2) is 18.5 Å². The highest BCUT2D eigenvalue weighted by atomic mass is 31.1. The minimum atomic E-state index is 0.360. The van der Waals surface area contributed by atoms with Gasteiger partial charge in [0.05, 0.1) is 0 Å². The quantitative estimate of drug-likeness (QED) is 0.119. The molecule has 0 bridgehead atoms. The van der Waals surface area contributed by atoms with Gasteiger partial charge in [0.1, 0.15) is 0 Å². The Bertz CT molecular complexity index is 235. The molecule has 0 amide bonds. The van der Waals surface area contributed by atoms with Crippen LogP contribution in [-0.2, 0) is 0 Å². The van der Waals surface area contributed by atoms with Crippen LogP contribution in [0.1, 0.15) is 149 Å². The number of rotatable bonds is 23. The van der Waals surface area contributed by atoms with E-state index in [4.69, 9.17) is 0 Å². The van der Waals surface area contributed by atoms with Crippen molar-refractivity contribution < 1.29 is 0 Å². The molecule has 0 aliphatic heterocycles. The lowest BCUT2D eigenvalue weighted by atomic mass is 10.1. The van der Waals surface area contributed by atoms with E-state index in [9.17, 15) is 0 Å². The zero-order valence-electron chi connectivity index (χ0n) is 19.7. The first-order valence-corrected chi connectivity index (χ1v) is 15.0. The highest BCUT2D eigenvalue weighted by Crippen LogP contribution is 2.39. The minimum Gasteiger partial charge on any atom is -0.107 e. The predicted molar refractivity (Wildman–Crippen MR) is 131 cm³/mol. The van der Waals surface area contributed by atoms with Crippen molar-refractivity contribution in [2.24, 2.45) is 0 Å². The fourth-order valence-electron chi connectivity index (χ4n) is 4.04. The maximum Gasteiger partial charge on any atom is -0.0326 e. The molecule has 0 fully saturated rings. The topological polar surface area (TPSA) is 0 Å². The van der Waals surface area contributed by atoms with E-state index in [2.05, 4.69) is 20.8 Å². The molecule has 1 heteroatoms. The van der Waals surface area contributed by atoms with Crippen LogP contribution in [0, 0.1) is 0 Å². The molecule has 0 unspecified atom stereocenters. The zero-order chi connectivity index (χ0) is 19.8. The van der Waals surface area contributed by atoms with E-state index in [-0.39, 0.29) is 0 Å². The van der Waals surface area contributed by atoms with Gasteiger partial charge in [0.15, 0.2) is 0 Å². The van der Waals surface area contributed by atoms with Crippen molar-refractivity contribution in [2.45, 2.75) is 149 Å². The monoisotopic (exact) mass is 398 g/mol. The Balaban J connectivity index is 3.77. The molecule has 0 aromatic heterocycles. The summed E-state index contributed by atoms with van der Waals surface area (Å²) < 4.78 is 0. The van der Waals surface area contributed by atoms with Gasteiger partial charge >= 0.3 is 0 Å². The molecule has 0 heterocycles. The lowest BCUT2D eigenvalue weighted by Crippen LogP contribution is -1.97. The fraction of sp³-hybridized carbons (Fsp3) is 1.00. The van der Waals surface area contributed by atoms with Gasteiger partial charge in [-0.15, -0.1) is 7.92 Å². The smallest absolute Gasteiger partial charge is 0.0326 e. The molecule has 0 aromatic carbocycles. The van der Waals surface area contributed by atoms with Crippen molar-refractivity contribution in [2.75, 3.05) is 18.5 Å². The van der Waals surface area contributed by atoms with E-state index in [0.29, 0.717) is 7.92 Å². The molecule has 0 aliphatic rings. The standard InChI is InChI=1S/C26H55P/c1-4-7-10-13-16-17-20-23-26-27(24-21-18-14-11-8-5-2)25-22-19-15-12-9-6-3/h4-26H2,1-3H3. The predicted octanol–water partition coefficient (Wildman–Crippen LogP) is 10.3. The molecule has 0 nitrogen and oxygen atoms in total. The van der Waals surface area contributed by atoms with Gasteiger partial charge in [-0.2, -0.15) is 0 Å². The van der Waals surface area contributed by atoms with Crippen molar-refractivity contribution >= 4 is 7.92 Å². The molecular weight excluding hydrogens is 343 g/mol. The molecular formula is C26H55P. The summed E-state index contributed by atoms with van der Waals surface area (Å²) in [6.45, 7) is 6.96. The second kappa shape index (κ2) is 24.5. The molecule has 0 aromatic rings. The minimum absolute atomic E-state index is 0.360. The summed E-state index contributed by atoms with van der Waals surface area (Å²) in [5.41, 5.74) is 0. The summed E-state index contributed by atoms with van der Waals surface area (Å²) in [5.74, 6) is 0. The largest absolute Gasteiger partial charge is 0.107 e. The van der Waals surface area contributed by atoms with Crippen LogP contribution >= 0.6 is 7.92 Å². The van der Waals surface area contributed by atoms with Crippen molar-refractivity contribution in [3.63, 3.8) is 0 Å². The number of hydrogen-bond acceptors (Lipinski definition) is 0. The third kappa shape index (κ3) is 22.6. The molecule has 0 spiro atoms. The normalized spacial score (nSPS) is 11.6. The number of hydrogen-bond donors (Lipinski definition) is 0. The number of unbranched alkanes of at least 4 members (excludes halogenated alkanes) is 17. The van der Waals surface area contributed by atoms with Gasteiger partial charge in [-0.25, -0.2) is 0 Å². The molecule has 0 aliphatic carbocycles. The molecule has 164 valence electrons. The maximum atomic E-state index is 2.32. The van der Waals surface area contributed by atoms with Gasteiger partial charge in [0.2, 0.25) is 0 Å². The Kier molecular flexibility index (Phi) is 24.9. The molecule has 0 radical (unpaired) electrons. The Hall–Kier alpha value is 0.430. The summed E-state index contributed by atoms with van der Waals surface area (Å²) in [5, 5.41) is 0. The zero-order valence-corrected chi connectivity index (χ0v) is 20.6. The van der Waals surface area contributed by atoms with Gasteiger partial charge < -0.3 is 0 Å². The first-order chi connectivity index (χ1) is 13.3. The van der Waals surface area contributed by atoms with Crippen LogP contribution in [0.2, 0.25) is 0 Å². The van der Waals surface area contributed by atoms with Crippen molar-refractivity contribution in [3.8, 4) is 0 Å². The van der Waals surface area contributed by atoms with Crippen LogP contribution in [0.3, 0.4) is 0 Å². The molecule has 0 rings (SSSR count). The Labute approximate surface area is 175 Å². The van der Waals surface area contributed by atoms with E-state index >= 15 is 0 Å². The molecule has 27 heavy (non-hydrogen) atoms. The lowest BCUT2D eigenvalue weighted by Gasteiger charge is -2.18. The van der Waals surface area contributed by atoms with Crippen LogP contribution < -0.4 is 0 Å². The summed E-state index contributed by atoms with van der Waals surface area (Å²) in [6, 6.07) is 0. The van der Waals surface area contributed by atoms with Crippen LogP contribution in [0.25, 0.3) is 0 Å². The van der Waals surface area contributed by atoms with Gasteiger partial charge in [-0.05, 0) is 37.7 Å². The second-order valence-electron chi connectivity index (χ2n) is 8.85. The lowest BCUT2D eigenvalue weighted by molar-refractivity contribution is 0.585. The second-order valence-corrected chi connectivity index (χ2v) is 11.5. The van der Waals surface area contributed by atoms with Crippen LogP contribution in [0.5, 0.6) is 0 Å². The van der Waals surface area contributed by atoms with Gasteiger partial charge in [-0.1, -0.05) is 130 Å². The first-order valence-electron chi connectivity index (χ1n) is 13.1. The summed E-state index contributed by atoms with van der Waals surface area (Å²) in [4.78, 5) is 0. The Morgan fingerprint density at radius 1 is 0.296 bits per heavy atom. The highest BCUT2D eigenvalue weighted by Gasteiger charge is 2.08. The summed E-state index contributed by atoms with van der Waals surface area (Å²) >= 11 is 0. The van der Waals surface area contributed by atoms with Gasteiger partial charge in [0.25, 0.3) is 0 Å². The van der Waals surface area contributed by atoms with E-state index in [1.165, 1.54) is 128 Å². The maximum absolute atomic E-state index is 2.32. The van der Waals surface area contributed by atoms with Crippen LogP contribution in [0.4, 0.5) is 0 Å². The SMILES string of the molecule is CCCCCCCCCCP(CCCCCCCC)CCCCCCCC. The average Bonchev–Trinajstić information content (AvgIpc) is 2.68. The van der Waals surface area contributed by atoms with E-state index in [0.717, 1.165) is 0 Å². The van der Waals surface area contributed by atoms with Crippen molar-refractivity contribution in [1.82, 2.24) is 0 Å². The fourth-order valence-corrected chi connectivity index (χ4v) is 6.72. The average molecular weight is 399 g/mol. The van der Waals surface area contributed by atoms with Gasteiger partial charge in [0, 0.05) is 0 Å². The molecule has 0 atom stereocenters. The molecule has 0 saturated heterocycles. The molecule has 0 saturated carbocycles. The first kappa shape index (κ1) is 27.4. The van der Waals surface area contributed by atoms with E-state index in [1.54, 1.807) is 18.5 Å². The third-order valence-corrected chi connectivity index (χ3v) is 8.83. The highest BCUT2D eigenvalue weighted by molar-refractivity contribution is 7.57. The Morgan fingerprint density at radius 3 is 0.778 bits per heavy atom. The van der Waals surface area contributed by atoms with E-state index < -0.39 is 0 Å². The van der Waals surface area contributed by atoms with Gasteiger partial charge in [-0.3, -0.25) is 0 Å². The molecule has 0 N–H and O–H groups in total. The van der Waals surface area contributed by atoms with E-state index in [1.807, 2.05) is 0 Å². The summed E-state index contributed by atoms with van der Waals surface area (Å²) in [6.07, 6.45) is 34.3. The third-order valence-electron chi connectivity index (χ3n) is 5.98. The Morgan fingerprint density at radius 2 is 0.519 bits per heavy atom. The van der Waals surface area contributed by atoms with Crippen molar-refractivity contribution in [3.05, 3.63) is 0 Å².